The predicted molar refractivity (Wildman–Crippen MR) is 138 cm³/mol. The van der Waals surface area contributed by atoms with E-state index in [1.807, 2.05) is 31.2 Å². The molecule has 2 heterocycles. The lowest BCUT2D eigenvalue weighted by atomic mass is 9.92. The summed E-state index contributed by atoms with van der Waals surface area (Å²) in [5, 5.41) is 8.31. The Morgan fingerprint density at radius 2 is 1.94 bits per heavy atom. The van der Waals surface area contributed by atoms with Crippen molar-refractivity contribution in [1.29, 1.82) is 0 Å². The van der Waals surface area contributed by atoms with Gasteiger partial charge in [-0.15, -0.1) is 0 Å². The van der Waals surface area contributed by atoms with Crippen LogP contribution in [0, 0.1) is 11.7 Å². The highest BCUT2D eigenvalue weighted by Gasteiger charge is 2.22. The van der Waals surface area contributed by atoms with Crippen molar-refractivity contribution >= 4 is 28.9 Å². The van der Waals surface area contributed by atoms with Crippen LogP contribution in [-0.2, 0) is 13.1 Å². The van der Waals surface area contributed by atoms with Crippen LogP contribution in [0.2, 0.25) is 5.02 Å². The van der Waals surface area contributed by atoms with Crippen LogP contribution in [0.1, 0.15) is 41.4 Å². The topological polar surface area (TPSA) is 69.6 Å². The Bertz CT molecular complexity index is 1180. The van der Waals surface area contributed by atoms with Gasteiger partial charge in [-0.2, -0.15) is 5.10 Å². The molecule has 1 aliphatic heterocycles. The Morgan fingerprint density at radius 1 is 1.14 bits per heavy atom. The number of carbonyl (C=O) groups excluding carboxylic acids is 1. The highest BCUT2D eigenvalue weighted by Crippen LogP contribution is 2.23. The number of benzene rings is 2. The number of hydrazone groups is 1. The van der Waals surface area contributed by atoms with Gasteiger partial charge in [-0.25, -0.2) is 14.8 Å². The molecule has 1 amide bonds. The van der Waals surface area contributed by atoms with E-state index in [-0.39, 0.29) is 17.4 Å². The van der Waals surface area contributed by atoms with Gasteiger partial charge in [0.2, 0.25) is 0 Å². The summed E-state index contributed by atoms with van der Waals surface area (Å²) in [6.45, 7) is 5.19. The number of piperidine rings is 1. The van der Waals surface area contributed by atoms with Crippen LogP contribution >= 0.6 is 11.6 Å². The molecule has 1 aromatic heterocycles. The number of anilines is 1. The molecule has 0 saturated carbocycles. The second-order valence-electron chi connectivity index (χ2n) is 8.75. The molecule has 1 fully saturated rings. The van der Waals surface area contributed by atoms with Crippen molar-refractivity contribution in [1.82, 2.24) is 15.3 Å². The highest BCUT2D eigenvalue weighted by atomic mass is 35.5. The molecule has 3 aromatic rings. The summed E-state index contributed by atoms with van der Waals surface area (Å²) in [5.41, 5.74) is 6.55. The van der Waals surface area contributed by atoms with E-state index in [9.17, 15) is 9.18 Å². The number of rotatable bonds is 8. The molecule has 0 radical (unpaired) electrons. The number of pyridine rings is 1. The molecular formula is C27H29ClFN5O. The number of aromatic nitrogens is 1. The van der Waals surface area contributed by atoms with Crippen LogP contribution in [0.25, 0.3) is 0 Å². The third-order valence-corrected chi connectivity index (χ3v) is 6.61. The zero-order valence-electron chi connectivity index (χ0n) is 19.7. The molecule has 2 aromatic carbocycles. The van der Waals surface area contributed by atoms with Crippen molar-refractivity contribution in [3.05, 3.63) is 94.5 Å². The second-order valence-corrected chi connectivity index (χ2v) is 9.16. The van der Waals surface area contributed by atoms with Crippen LogP contribution < -0.4 is 10.7 Å². The molecule has 0 unspecified atom stereocenters. The average molecular weight is 494 g/mol. The normalized spacial score (nSPS) is 15.1. The molecule has 8 heteroatoms. The van der Waals surface area contributed by atoms with E-state index in [0.29, 0.717) is 12.5 Å². The molecular weight excluding hydrogens is 465 g/mol. The van der Waals surface area contributed by atoms with E-state index < -0.39 is 0 Å². The standard InChI is InChI=1S/C27H29ClFN5O/c1-19(21-11-13-34(14-12-21)18-22-6-2-3-8-25(22)28)32-33-27(35)26-10-9-24(17-31-26)30-16-20-5-4-7-23(29)15-20/h2-10,15,17,21,30H,11-14,16,18H2,1H3,(H,33,35). The van der Waals surface area contributed by atoms with Crippen molar-refractivity contribution in [2.24, 2.45) is 11.0 Å². The number of nitrogens with zero attached hydrogens (tertiary/aromatic N) is 3. The maximum atomic E-state index is 13.3. The van der Waals surface area contributed by atoms with Crippen molar-refractivity contribution in [2.75, 3.05) is 18.4 Å². The predicted octanol–water partition coefficient (Wildman–Crippen LogP) is 5.50. The Balaban J connectivity index is 1.23. The summed E-state index contributed by atoms with van der Waals surface area (Å²) in [6.07, 6.45) is 3.55. The fourth-order valence-corrected chi connectivity index (χ4v) is 4.34. The van der Waals surface area contributed by atoms with E-state index in [1.165, 1.54) is 12.1 Å². The summed E-state index contributed by atoms with van der Waals surface area (Å²) in [7, 11) is 0. The minimum atomic E-state index is -0.350. The van der Waals surface area contributed by atoms with Crippen molar-refractivity contribution in [2.45, 2.75) is 32.9 Å². The minimum absolute atomic E-state index is 0.270. The molecule has 1 saturated heterocycles. The SMILES string of the molecule is CC(=NNC(=O)c1ccc(NCc2cccc(F)c2)cn1)C1CCN(Cc2ccccc2Cl)CC1. The van der Waals surface area contributed by atoms with Gasteiger partial charge in [0.05, 0.1) is 11.9 Å². The molecule has 35 heavy (non-hydrogen) atoms. The van der Waals surface area contributed by atoms with Crippen molar-refractivity contribution in [3.8, 4) is 0 Å². The van der Waals surface area contributed by atoms with Gasteiger partial charge in [-0.3, -0.25) is 9.69 Å². The molecule has 2 N–H and O–H groups in total. The largest absolute Gasteiger partial charge is 0.380 e. The first-order valence-corrected chi connectivity index (χ1v) is 12.1. The first kappa shape index (κ1) is 24.8. The fourth-order valence-electron chi connectivity index (χ4n) is 4.15. The Labute approximate surface area is 210 Å². The summed E-state index contributed by atoms with van der Waals surface area (Å²) in [4.78, 5) is 19.1. The van der Waals surface area contributed by atoms with Crippen molar-refractivity contribution < 1.29 is 9.18 Å². The lowest BCUT2D eigenvalue weighted by Crippen LogP contribution is -2.36. The van der Waals surface area contributed by atoms with Crippen LogP contribution in [0.5, 0.6) is 0 Å². The van der Waals surface area contributed by atoms with Gasteiger partial charge in [0.25, 0.3) is 5.91 Å². The molecule has 6 nitrogen and oxygen atoms in total. The van der Waals surface area contributed by atoms with E-state index >= 15 is 0 Å². The number of likely N-dealkylation sites (tertiary alicyclic amines) is 1. The van der Waals surface area contributed by atoms with Crippen LogP contribution in [-0.4, -0.2) is 34.6 Å². The highest BCUT2D eigenvalue weighted by molar-refractivity contribution is 6.31. The van der Waals surface area contributed by atoms with Crippen molar-refractivity contribution in [3.63, 3.8) is 0 Å². The molecule has 1 aliphatic rings. The molecule has 0 bridgehead atoms. The summed E-state index contributed by atoms with van der Waals surface area (Å²) < 4.78 is 13.3. The number of nitrogens with one attached hydrogen (secondary N) is 2. The number of halogens is 2. The van der Waals surface area contributed by atoms with Gasteiger partial charge < -0.3 is 5.32 Å². The quantitative estimate of drug-likeness (QED) is 0.321. The first-order chi connectivity index (χ1) is 17.0. The Morgan fingerprint density at radius 3 is 2.66 bits per heavy atom. The van der Waals surface area contributed by atoms with Gasteiger partial charge in [-0.1, -0.05) is 41.9 Å². The van der Waals surface area contributed by atoms with Gasteiger partial charge >= 0.3 is 0 Å². The van der Waals surface area contributed by atoms with E-state index in [2.05, 4.69) is 31.8 Å². The van der Waals surface area contributed by atoms with Crippen LogP contribution in [0.3, 0.4) is 0 Å². The van der Waals surface area contributed by atoms with Gasteiger partial charge in [0.15, 0.2) is 0 Å². The summed E-state index contributed by atoms with van der Waals surface area (Å²) >= 11 is 6.29. The Kier molecular flexibility index (Phi) is 8.45. The zero-order valence-corrected chi connectivity index (χ0v) is 20.4. The lowest BCUT2D eigenvalue weighted by Gasteiger charge is -2.32. The molecule has 0 aliphatic carbocycles. The van der Waals surface area contributed by atoms with Gasteiger partial charge in [0.1, 0.15) is 11.5 Å². The van der Waals surface area contributed by atoms with E-state index in [1.54, 1.807) is 24.4 Å². The van der Waals surface area contributed by atoms with Crippen LogP contribution in [0.4, 0.5) is 10.1 Å². The molecule has 0 spiro atoms. The van der Waals surface area contributed by atoms with Crippen LogP contribution in [0.15, 0.2) is 72.0 Å². The summed E-state index contributed by atoms with van der Waals surface area (Å²) in [6, 6.07) is 17.8. The fraction of sp³-hybridized carbons (Fsp3) is 0.296. The molecule has 0 atom stereocenters. The number of carbonyl (C=O) groups is 1. The van der Waals surface area contributed by atoms with E-state index in [0.717, 1.165) is 60.0 Å². The maximum Gasteiger partial charge on any atom is 0.289 e. The smallest absolute Gasteiger partial charge is 0.289 e. The van der Waals surface area contributed by atoms with E-state index in [4.69, 9.17) is 11.6 Å². The van der Waals surface area contributed by atoms with Gasteiger partial charge in [0, 0.05) is 29.7 Å². The van der Waals surface area contributed by atoms with Gasteiger partial charge in [-0.05, 0) is 74.3 Å². The third-order valence-electron chi connectivity index (χ3n) is 6.25. The summed E-state index contributed by atoms with van der Waals surface area (Å²) in [5.74, 6) is -0.287. The maximum absolute atomic E-state index is 13.3. The number of hydrogen-bond acceptors (Lipinski definition) is 5. The lowest BCUT2D eigenvalue weighted by molar-refractivity contribution is 0.0949. The molecule has 182 valence electrons. The molecule has 4 rings (SSSR count). The minimum Gasteiger partial charge on any atom is -0.380 e. The monoisotopic (exact) mass is 493 g/mol. The Hall–Kier alpha value is -3.29. The average Bonchev–Trinajstić information content (AvgIpc) is 2.88. The second kappa shape index (κ2) is 11.9. The zero-order chi connectivity index (χ0) is 24.6. The first-order valence-electron chi connectivity index (χ1n) is 11.7. The number of amides is 1. The third kappa shape index (κ3) is 7.10. The number of hydrogen-bond donors (Lipinski definition) is 2.